The Morgan fingerprint density at radius 3 is 2.89 bits per heavy atom. The van der Waals surface area contributed by atoms with Gasteiger partial charge in [0.1, 0.15) is 22.8 Å². The highest BCUT2D eigenvalue weighted by atomic mass is 79.9. The molecule has 1 aromatic heterocycles. The molecule has 0 fully saturated rings. The summed E-state index contributed by atoms with van der Waals surface area (Å²) in [5, 5.41) is 3.85. The normalized spacial score (nSPS) is 10.5. The standard InChI is InChI=1S/C13H11BrFNO3/c1-3-18-13(17)11-7(2)19-16-12(11)9-5-4-8(15)6-10(9)14/h4-6H,3H2,1-2H3. The first-order valence-electron chi connectivity index (χ1n) is 5.63. The van der Waals surface area contributed by atoms with Crippen LogP contribution < -0.4 is 0 Å². The minimum absolute atomic E-state index is 0.257. The van der Waals surface area contributed by atoms with Crippen molar-refractivity contribution in [2.75, 3.05) is 6.61 Å². The van der Waals surface area contributed by atoms with Crippen LogP contribution in [0.15, 0.2) is 27.2 Å². The Balaban J connectivity index is 2.54. The van der Waals surface area contributed by atoms with Gasteiger partial charge in [-0.05, 0) is 48.0 Å². The average Bonchev–Trinajstić information content (AvgIpc) is 2.71. The highest BCUT2D eigenvalue weighted by Crippen LogP contribution is 2.32. The zero-order chi connectivity index (χ0) is 14.0. The summed E-state index contributed by atoms with van der Waals surface area (Å²) in [5.41, 5.74) is 1.17. The predicted molar refractivity (Wildman–Crippen MR) is 70.3 cm³/mol. The van der Waals surface area contributed by atoms with Crippen molar-refractivity contribution in [2.24, 2.45) is 0 Å². The molecular formula is C13H11BrFNO3. The van der Waals surface area contributed by atoms with Gasteiger partial charge in [0.15, 0.2) is 0 Å². The minimum Gasteiger partial charge on any atom is -0.462 e. The Hall–Kier alpha value is -1.69. The molecule has 0 N–H and O–H groups in total. The van der Waals surface area contributed by atoms with E-state index in [0.717, 1.165) is 0 Å². The summed E-state index contributed by atoms with van der Waals surface area (Å²) in [6.45, 7) is 3.60. The highest BCUT2D eigenvalue weighted by molar-refractivity contribution is 9.10. The maximum absolute atomic E-state index is 13.1. The average molecular weight is 328 g/mol. The van der Waals surface area contributed by atoms with E-state index in [2.05, 4.69) is 21.1 Å². The number of aromatic nitrogens is 1. The first kappa shape index (κ1) is 13.7. The number of aryl methyl sites for hydroxylation is 1. The lowest BCUT2D eigenvalue weighted by Gasteiger charge is -2.04. The number of nitrogens with zero attached hydrogens (tertiary/aromatic N) is 1. The number of rotatable bonds is 3. The molecule has 6 heteroatoms. The summed E-state index contributed by atoms with van der Waals surface area (Å²) in [4.78, 5) is 11.9. The number of carbonyl (C=O) groups is 1. The van der Waals surface area contributed by atoms with E-state index in [0.29, 0.717) is 21.5 Å². The van der Waals surface area contributed by atoms with Gasteiger partial charge in [-0.25, -0.2) is 9.18 Å². The summed E-state index contributed by atoms with van der Waals surface area (Å²) < 4.78 is 23.6. The number of hydrogen-bond acceptors (Lipinski definition) is 4. The van der Waals surface area contributed by atoms with Crippen molar-refractivity contribution in [2.45, 2.75) is 13.8 Å². The second kappa shape index (κ2) is 5.52. The van der Waals surface area contributed by atoms with Crippen molar-refractivity contribution in [1.82, 2.24) is 5.16 Å². The van der Waals surface area contributed by atoms with Gasteiger partial charge in [0.2, 0.25) is 0 Å². The Morgan fingerprint density at radius 1 is 1.53 bits per heavy atom. The van der Waals surface area contributed by atoms with Gasteiger partial charge in [-0.2, -0.15) is 0 Å². The van der Waals surface area contributed by atoms with Gasteiger partial charge in [0.05, 0.1) is 6.61 Å². The van der Waals surface area contributed by atoms with Crippen molar-refractivity contribution in [1.29, 1.82) is 0 Å². The van der Waals surface area contributed by atoms with Crippen molar-refractivity contribution in [3.05, 3.63) is 39.8 Å². The molecule has 1 heterocycles. The molecule has 0 amide bonds. The van der Waals surface area contributed by atoms with Crippen molar-refractivity contribution >= 4 is 21.9 Å². The summed E-state index contributed by atoms with van der Waals surface area (Å²) in [7, 11) is 0. The number of halogens is 2. The molecule has 0 radical (unpaired) electrons. The molecule has 0 saturated heterocycles. The Bertz CT molecular complexity index is 624. The monoisotopic (exact) mass is 327 g/mol. The molecule has 0 unspecified atom stereocenters. The molecule has 100 valence electrons. The lowest BCUT2D eigenvalue weighted by molar-refractivity contribution is 0.0525. The Morgan fingerprint density at radius 2 is 2.26 bits per heavy atom. The first-order valence-corrected chi connectivity index (χ1v) is 6.42. The van der Waals surface area contributed by atoms with Crippen LogP contribution >= 0.6 is 15.9 Å². The Labute approximate surface area is 117 Å². The fourth-order valence-corrected chi connectivity index (χ4v) is 2.22. The van der Waals surface area contributed by atoms with Gasteiger partial charge >= 0.3 is 5.97 Å². The molecule has 0 bridgehead atoms. The number of ether oxygens (including phenoxy) is 1. The molecule has 0 aliphatic heterocycles. The van der Waals surface area contributed by atoms with Crippen molar-refractivity contribution in [3.63, 3.8) is 0 Å². The highest BCUT2D eigenvalue weighted by Gasteiger charge is 2.24. The predicted octanol–water partition coefficient (Wildman–Crippen LogP) is 3.73. The second-order valence-electron chi connectivity index (χ2n) is 3.81. The number of hydrogen-bond donors (Lipinski definition) is 0. The van der Waals surface area contributed by atoms with E-state index in [9.17, 15) is 9.18 Å². The lowest BCUT2D eigenvalue weighted by Crippen LogP contribution is -2.06. The third kappa shape index (κ3) is 2.68. The van der Waals surface area contributed by atoms with Gasteiger partial charge in [-0.3, -0.25) is 0 Å². The smallest absolute Gasteiger partial charge is 0.344 e. The van der Waals surface area contributed by atoms with Crippen LogP contribution in [0.25, 0.3) is 11.3 Å². The maximum atomic E-state index is 13.1. The summed E-state index contributed by atoms with van der Waals surface area (Å²) in [5.74, 6) is -0.523. The van der Waals surface area contributed by atoms with Gasteiger partial charge < -0.3 is 9.26 Å². The first-order chi connectivity index (χ1) is 9.04. The quantitative estimate of drug-likeness (QED) is 0.806. The third-order valence-electron chi connectivity index (χ3n) is 2.53. The van der Waals surface area contributed by atoms with Crippen LogP contribution in [-0.2, 0) is 4.74 Å². The van der Waals surface area contributed by atoms with Crippen LogP contribution in [0.4, 0.5) is 4.39 Å². The van der Waals surface area contributed by atoms with Crippen LogP contribution in [0.2, 0.25) is 0 Å². The zero-order valence-corrected chi connectivity index (χ0v) is 12.0. The van der Waals surface area contributed by atoms with E-state index in [-0.39, 0.29) is 18.0 Å². The SMILES string of the molecule is CCOC(=O)c1c(-c2ccc(F)cc2Br)noc1C. The van der Waals surface area contributed by atoms with Crippen LogP contribution in [0.1, 0.15) is 23.0 Å². The molecular weight excluding hydrogens is 317 g/mol. The summed E-state index contributed by atoms with van der Waals surface area (Å²) in [6, 6.07) is 4.12. The van der Waals surface area contributed by atoms with Gasteiger partial charge in [0.25, 0.3) is 0 Å². The maximum Gasteiger partial charge on any atom is 0.344 e. The van der Waals surface area contributed by atoms with Crippen molar-refractivity contribution in [3.8, 4) is 11.3 Å². The summed E-state index contributed by atoms with van der Waals surface area (Å²) in [6.07, 6.45) is 0. The van der Waals surface area contributed by atoms with Gasteiger partial charge in [-0.15, -0.1) is 0 Å². The molecule has 2 aromatic rings. The number of benzene rings is 1. The largest absolute Gasteiger partial charge is 0.462 e. The molecule has 1 aromatic carbocycles. The fraction of sp³-hybridized carbons (Fsp3) is 0.231. The molecule has 0 aliphatic carbocycles. The fourth-order valence-electron chi connectivity index (χ4n) is 1.68. The van der Waals surface area contributed by atoms with Gasteiger partial charge in [-0.1, -0.05) is 5.16 Å². The van der Waals surface area contributed by atoms with Gasteiger partial charge in [0, 0.05) is 10.0 Å². The topological polar surface area (TPSA) is 52.3 Å². The summed E-state index contributed by atoms with van der Waals surface area (Å²) >= 11 is 3.24. The van der Waals surface area contributed by atoms with E-state index in [1.54, 1.807) is 13.8 Å². The second-order valence-corrected chi connectivity index (χ2v) is 4.66. The zero-order valence-electron chi connectivity index (χ0n) is 10.4. The van der Waals surface area contributed by atoms with E-state index in [1.807, 2.05) is 0 Å². The lowest BCUT2D eigenvalue weighted by atomic mass is 10.1. The van der Waals surface area contributed by atoms with Crippen LogP contribution in [-0.4, -0.2) is 17.7 Å². The molecule has 0 aliphatic rings. The van der Waals surface area contributed by atoms with E-state index in [1.165, 1.54) is 18.2 Å². The van der Waals surface area contributed by atoms with E-state index in [4.69, 9.17) is 9.26 Å². The van der Waals surface area contributed by atoms with E-state index < -0.39 is 5.97 Å². The molecule has 19 heavy (non-hydrogen) atoms. The van der Waals surface area contributed by atoms with Crippen LogP contribution in [0, 0.1) is 12.7 Å². The van der Waals surface area contributed by atoms with E-state index >= 15 is 0 Å². The molecule has 4 nitrogen and oxygen atoms in total. The van der Waals surface area contributed by atoms with Crippen LogP contribution in [0.3, 0.4) is 0 Å². The molecule has 2 rings (SSSR count). The van der Waals surface area contributed by atoms with Crippen LogP contribution in [0.5, 0.6) is 0 Å². The number of esters is 1. The molecule has 0 spiro atoms. The molecule has 0 saturated carbocycles. The number of carbonyl (C=O) groups excluding carboxylic acids is 1. The van der Waals surface area contributed by atoms with Crippen molar-refractivity contribution < 1.29 is 18.4 Å². The minimum atomic E-state index is -0.507. The Kier molecular flexibility index (Phi) is 3.99. The molecule has 0 atom stereocenters. The third-order valence-corrected chi connectivity index (χ3v) is 3.18.